The largest absolute Gasteiger partial charge is 0.490 e. The van der Waals surface area contributed by atoms with Gasteiger partial charge >= 0.3 is 5.97 Å². The number of imidazole rings is 1. The van der Waals surface area contributed by atoms with E-state index in [9.17, 15) is 9.59 Å². The van der Waals surface area contributed by atoms with Gasteiger partial charge in [-0.2, -0.15) is 0 Å². The molecule has 0 fully saturated rings. The summed E-state index contributed by atoms with van der Waals surface area (Å²) >= 11 is 1.61. The van der Waals surface area contributed by atoms with Gasteiger partial charge in [-0.1, -0.05) is 0 Å². The van der Waals surface area contributed by atoms with Crippen molar-refractivity contribution < 1.29 is 19.1 Å². The molecular formula is C24H28N2O4S. The lowest BCUT2D eigenvalue weighted by Gasteiger charge is -2.25. The molecule has 0 saturated heterocycles. The molecule has 0 N–H and O–H groups in total. The van der Waals surface area contributed by atoms with Crippen LogP contribution in [0.4, 0.5) is 0 Å². The first-order chi connectivity index (χ1) is 14.7. The molecule has 0 bridgehead atoms. The summed E-state index contributed by atoms with van der Waals surface area (Å²) in [5.41, 5.74) is 2.43. The molecule has 0 saturated carbocycles. The Morgan fingerprint density at radius 3 is 2.77 bits per heavy atom. The van der Waals surface area contributed by atoms with E-state index in [1.807, 2.05) is 58.3 Å². The van der Waals surface area contributed by atoms with E-state index in [-0.39, 0.29) is 30.0 Å². The molecule has 0 unspecified atom stereocenters. The molecule has 164 valence electrons. The van der Waals surface area contributed by atoms with Crippen molar-refractivity contribution >= 4 is 28.7 Å². The minimum atomic E-state index is -0.560. The van der Waals surface area contributed by atoms with Crippen molar-refractivity contribution in [2.75, 3.05) is 6.61 Å². The molecule has 31 heavy (non-hydrogen) atoms. The minimum Gasteiger partial charge on any atom is -0.490 e. The van der Waals surface area contributed by atoms with Crippen LogP contribution in [0.3, 0.4) is 0 Å². The van der Waals surface area contributed by atoms with Crippen molar-refractivity contribution in [1.82, 2.24) is 9.38 Å². The molecule has 0 aliphatic heterocycles. The topological polar surface area (TPSA) is 69.9 Å². The lowest BCUT2D eigenvalue weighted by Crippen LogP contribution is -2.31. The lowest BCUT2D eigenvalue weighted by atomic mass is 9.89. The van der Waals surface area contributed by atoms with Crippen LogP contribution in [0.1, 0.15) is 66.7 Å². The Hall–Kier alpha value is -2.67. The Kier molecular flexibility index (Phi) is 5.64. The molecule has 0 aromatic carbocycles. The highest BCUT2D eigenvalue weighted by Crippen LogP contribution is 2.45. The number of pyridine rings is 1. The number of thiophene rings is 1. The van der Waals surface area contributed by atoms with E-state index in [0.717, 1.165) is 10.4 Å². The highest BCUT2D eigenvalue weighted by Gasteiger charge is 2.42. The Bertz CT molecular complexity index is 1140. The van der Waals surface area contributed by atoms with Crippen molar-refractivity contribution in [3.05, 3.63) is 51.6 Å². The van der Waals surface area contributed by atoms with E-state index in [0.29, 0.717) is 35.8 Å². The summed E-state index contributed by atoms with van der Waals surface area (Å²) in [5, 5.41) is 2.03. The first-order valence-corrected chi connectivity index (χ1v) is 11.5. The van der Waals surface area contributed by atoms with Crippen LogP contribution in [0, 0.1) is 12.8 Å². The predicted molar refractivity (Wildman–Crippen MR) is 120 cm³/mol. The van der Waals surface area contributed by atoms with Gasteiger partial charge in [-0.15, -0.1) is 11.3 Å². The van der Waals surface area contributed by atoms with E-state index >= 15 is 0 Å². The summed E-state index contributed by atoms with van der Waals surface area (Å²) in [5.74, 6) is -0.137. The maximum absolute atomic E-state index is 13.5. The standard InChI is InChI=1S/C24H28N2O4S/c1-6-29-19-8-7-10-26-20(14(2)25-22(19)26)18(27)13-16-17(23(28)30-24(3,4)5)12-15-9-11-31-21(15)16/h7-11,16-17H,6,12-13H2,1-5H3/t16-,17+/m0/s1. The summed E-state index contributed by atoms with van der Waals surface area (Å²) in [7, 11) is 0. The van der Waals surface area contributed by atoms with E-state index in [4.69, 9.17) is 9.47 Å². The third-order valence-electron chi connectivity index (χ3n) is 5.51. The predicted octanol–water partition coefficient (Wildman–Crippen LogP) is 4.97. The first-order valence-electron chi connectivity index (χ1n) is 10.6. The summed E-state index contributed by atoms with van der Waals surface area (Å²) in [6.45, 7) is 9.89. The fourth-order valence-electron chi connectivity index (χ4n) is 4.32. The molecule has 4 rings (SSSR count). The molecule has 0 spiro atoms. The maximum Gasteiger partial charge on any atom is 0.310 e. The SMILES string of the molecule is CCOc1cccn2c(C(=O)C[C@@H]3c4sccc4C[C@H]3C(=O)OC(C)(C)C)c(C)nc12. The Labute approximate surface area is 186 Å². The molecule has 6 nitrogen and oxygen atoms in total. The van der Waals surface area contributed by atoms with Crippen LogP contribution in [0.25, 0.3) is 5.65 Å². The van der Waals surface area contributed by atoms with Gasteiger partial charge in [0.15, 0.2) is 17.2 Å². The van der Waals surface area contributed by atoms with Gasteiger partial charge in [0.1, 0.15) is 11.3 Å². The van der Waals surface area contributed by atoms with Crippen LogP contribution in [-0.4, -0.2) is 33.3 Å². The molecule has 2 atom stereocenters. The third-order valence-corrected chi connectivity index (χ3v) is 6.60. The number of carbonyl (C=O) groups excluding carboxylic acids is 2. The van der Waals surface area contributed by atoms with Gasteiger partial charge in [0.25, 0.3) is 0 Å². The Morgan fingerprint density at radius 1 is 1.29 bits per heavy atom. The number of carbonyl (C=O) groups is 2. The zero-order chi connectivity index (χ0) is 22.3. The van der Waals surface area contributed by atoms with Gasteiger partial charge < -0.3 is 9.47 Å². The van der Waals surface area contributed by atoms with Crippen molar-refractivity contribution in [2.24, 2.45) is 5.92 Å². The fourth-order valence-corrected chi connectivity index (χ4v) is 5.42. The zero-order valence-corrected chi connectivity index (χ0v) is 19.4. The van der Waals surface area contributed by atoms with Gasteiger partial charge in [-0.05, 0) is 70.2 Å². The monoisotopic (exact) mass is 440 g/mol. The van der Waals surface area contributed by atoms with Gasteiger partial charge in [-0.25, -0.2) is 4.98 Å². The molecule has 0 amide bonds. The average molecular weight is 441 g/mol. The number of Topliss-reactive ketones (excluding diaryl/α,β-unsaturated/α-hetero) is 1. The second kappa shape index (κ2) is 8.11. The van der Waals surface area contributed by atoms with Crippen LogP contribution in [0.2, 0.25) is 0 Å². The molecule has 3 aromatic rings. The van der Waals surface area contributed by atoms with E-state index < -0.39 is 5.60 Å². The third kappa shape index (κ3) is 4.11. The van der Waals surface area contributed by atoms with Crippen LogP contribution in [0.5, 0.6) is 5.75 Å². The van der Waals surface area contributed by atoms with Crippen molar-refractivity contribution in [3.63, 3.8) is 0 Å². The van der Waals surface area contributed by atoms with Crippen molar-refractivity contribution in [1.29, 1.82) is 0 Å². The normalized spacial score (nSPS) is 18.2. The second-order valence-corrected chi connectivity index (χ2v) is 9.88. The number of aromatic nitrogens is 2. The number of hydrogen-bond acceptors (Lipinski definition) is 6. The summed E-state index contributed by atoms with van der Waals surface area (Å²) in [6.07, 6.45) is 2.69. The average Bonchev–Trinajstić information content (AvgIpc) is 3.34. The molecule has 0 radical (unpaired) electrons. The summed E-state index contributed by atoms with van der Waals surface area (Å²) in [4.78, 5) is 32.1. The second-order valence-electron chi connectivity index (χ2n) is 8.93. The summed E-state index contributed by atoms with van der Waals surface area (Å²) in [6, 6.07) is 5.76. The lowest BCUT2D eigenvalue weighted by molar-refractivity contribution is -0.160. The quantitative estimate of drug-likeness (QED) is 0.400. The number of ketones is 1. The van der Waals surface area contributed by atoms with Crippen LogP contribution in [-0.2, 0) is 16.0 Å². The molecule has 7 heteroatoms. The number of ether oxygens (including phenoxy) is 2. The highest BCUT2D eigenvalue weighted by molar-refractivity contribution is 7.10. The smallest absolute Gasteiger partial charge is 0.310 e. The number of aryl methyl sites for hydroxylation is 1. The van der Waals surface area contributed by atoms with Crippen LogP contribution in [0.15, 0.2) is 29.8 Å². The number of hydrogen-bond donors (Lipinski definition) is 0. The van der Waals surface area contributed by atoms with Gasteiger partial charge in [0.05, 0.1) is 18.2 Å². The number of fused-ring (bicyclic) bond motifs is 2. The molecule has 1 aliphatic carbocycles. The number of rotatable bonds is 6. The summed E-state index contributed by atoms with van der Waals surface area (Å²) < 4.78 is 13.2. The van der Waals surface area contributed by atoms with Crippen LogP contribution < -0.4 is 4.74 Å². The van der Waals surface area contributed by atoms with Crippen molar-refractivity contribution in [3.8, 4) is 5.75 Å². The van der Waals surface area contributed by atoms with Crippen molar-refractivity contribution in [2.45, 2.75) is 59.0 Å². The number of esters is 1. The van der Waals surface area contributed by atoms with Gasteiger partial charge in [-0.3, -0.25) is 14.0 Å². The fraction of sp³-hybridized carbons (Fsp3) is 0.458. The highest BCUT2D eigenvalue weighted by atomic mass is 32.1. The molecular weight excluding hydrogens is 412 g/mol. The molecule has 3 heterocycles. The van der Waals surface area contributed by atoms with Crippen LogP contribution >= 0.6 is 11.3 Å². The Morgan fingerprint density at radius 2 is 2.06 bits per heavy atom. The number of nitrogens with zero attached hydrogens (tertiary/aromatic N) is 2. The van der Waals surface area contributed by atoms with E-state index in [1.54, 1.807) is 15.7 Å². The zero-order valence-electron chi connectivity index (χ0n) is 18.6. The first kappa shape index (κ1) is 21.6. The minimum absolute atomic E-state index is 0.0292. The van der Waals surface area contributed by atoms with Gasteiger partial charge in [0.2, 0.25) is 0 Å². The molecule has 3 aromatic heterocycles. The van der Waals surface area contributed by atoms with Gasteiger partial charge in [0, 0.05) is 23.4 Å². The van der Waals surface area contributed by atoms with E-state index in [1.165, 1.54) is 0 Å². The van der Waals surface area contributed by atoms with E-state index in [2.05, 4.69) is 11.1 Å². The Balaban J connectivity index is 1.66. The maximum atomic E-state index is 13.5. The molecule has 1 aliphatic rings.